The normalized spacial score (nSPS) is 18.8. The van der Waals surface area contributed by atoms with Crippen LogP contribution in [0.15, 0.2) is 0 Å². The van der Waals surface area contributed by atoms with Crippen LogP contribution in [-0.2, 0) is 14.3 Å². The molecule has 2 amide bonds. The summed E-state index contributed by atoms with van der Waals surface area (Å²) in [6.07, 6.45) is 0.0929. The number of carbonyl (C=O) groups excluding carboxylic acids is 2. The molecule has 0 saturated carbocycles. The molecule has 0 aromatic carbocycles. The first kappa shape index (κ1) is 10.3. The van der Waals surface area contributed by atoms with E-state index in [1.807, 2.05) is 0 Å². The van der Waals surface area contributed by atoms with Crippen molar-refractivity contribution in [2.24, 2.45) is 5.73 Å². The molecule has 1 fully saturated rings. The molecular formula is C7H11ClN2O3. The molecule has 6 heteroatoms. The molecule has 0 radical (unpaired) electrons. The van der Waals surface area contributed by atoms with E-state index in [9.17, 15) is 9.59 Å². The van der Waals surface area contributed by atoms with Gasteiger partial charge < -0.3 is 15.8 Å². The van der Waals surface area contributed by atoms with Gasteiger partial charge in [-0.2, -0.15) is 0 Å². The van der Waals surface area contributed by atoms with Gasteiger partial charge in [0.1, 0.15) is 5.88 Å². The molecule has 0 atom stereocenters. The highest BCUT2D eigenvalue weighted by atomic mass is 35.5. The predicted molar refractivity (Wildman–Crippen MR) is 46.2 cm³/mol. The summed E-state index contributed by atoms with van der Waals surface area (Å²) in [5.74, 6) is -0.898. The van der Waals surface area contributed by atoms with E-state index >= 15 is 0 Å². The van der Waals surface area contributed by atoms with Gasteiger partial charge >= 0.3 is 0 Å². The second-order valence-electron chi connectivity index (χ2n) is 3.10. The number of nitrogens with one attached hydrogen (secondary N) is 1. The number of rotatable bonds is 4. The van der Waals surface area contributed by atoms with Gasteiger partial charge in [0, 0.05) is 0 Å². The van der Waals surface area contributed by atoms with Crippen LogP contribution in [0.25, 0.3) is 0 Å². The van der Waals surface area contributed by atoms with Crippen LogP contribution >= 0.6 is 11.6 Å². The number of nitrogens with two attached hydrogens (primary N) is 1. The maximum absolute atomic E-state index is 11.0. The quantitative estimate of drug-likeness (QED) is 0.578. The summed E-state index contributed by atoms with van der Waals surface area (Å²) in [7, 11) is 0. The summed E-state index contributed by atoms with van der Waals surface area (Å²) in [6.45, 7) is 0.636. The lowest BCUT2D eigenvalue weighted by Gasteiger charge is -2.41. The van der Waals surface area contributed by atoms with E-state index in [1.54, 1.807) is 0 Å². The highest BCUT2D eigenvalue weighted by Crippen LogP contribution is 2.20. The van der Waals surface area contributed by atoms with Crippen molar-refractivity contribution in [3.8, 4) is 0 Å². The van der Waals surface area contributed by atoms with Gasteiger partial charge in [-0.05, 0) is 0 Å². The van der Waals surface area contributed by atoms with Gasteiger partial charge in [0.05, 0.1) is 25.2 Å². The Morgan fingerprint density at radius 1 is 1.54 bits per heavy atom. The number of ether oxygens (including phenoxy) is 1. The van der Waals surface area contributed by atoms with Crippen molar-refractivity contribution >= 4 is 23.4 Å². The van der Waals surface area contributed by atoms with E-state index in [4.69, 9.17) is 22.1 Å². The summed E-state index contributed by atoms with van der Waals surface area (Å²) < 4.78 is 4.92. The molecule has 1 rings (SSSR count). The smallest absolute Gasteiger partial charge is 0.235 e. The lowest BCUT2D eigenvalue weighted by Crippen LogP contribution is -2.63. The predicted octanol–water partition coefficient (Wildman–Crippen LogP) is -1.01. The van der Waals surface area contributed by atoms with Crippen molar-refractivity contribution < 1.29 is 14.3 Å². The van der Waals surface area contributed by atoms with Crippen molar-refractivity contribution in [2.75, 3.05) is 19.1 Å². The Morgan fingerprint density at radius 2 is 2.15 bits per heavy atom. The van der Waals surface area contributed by atoms with Crippen LogP contribution in [0.2, 0.25) is 0 Å². The third-order valence-corrected chi connectivity index (χ3v) is 2.04. The molecule has 0 aromatic heterocycles. The second kappa shape index (κ2) is 3.93. The van der Waals surface area contributed by atoms with Gasteiger partial charge in [0.25, 0.3) is 0 Å². The molecule has 0 unspecified atom stereocenters. The number of halogens is 1. The van der Waals surface area contributed by atoms with Gasteiger partial charge in [0.2, 0.25) is 11.8 Å². The number of amides is 2. The first-order valence-corrected chi connectivity index (χ1v) is 4.34. The minimum atomic E-state index is -0.613. The highest BCUT2D eigenvalue weighted by molar-refractivity contribution is 6.27. The van der Waals surface area contributed by atoms with Crippen molar-refractivity contribution in [1.82, 2.24) is 5.32 Å². The molecule has 0 aromatic rings. The molecular weight excluding hydrogens is 196 g/mol. The summed E-state index contributed by atoms with van der Waals surface area (Å²) in [6, 6.07) is 0. The van der Waals surface area contributed by atoms with Gasteiger partial charge in [-0.1, -0.05) is 0 Å². The third kappa shape index (κ3) is 2.57. The Morgan fingerprint density at radius 3 is 2.46 bits per heavy atom. The molecule has 1 saturated heterocycles. The number of primary amides is 1. The maximum Gasteiger partial charge on any atom is 0.235 e. The minimum Gasteiger partial charge on any atom is -0.376 e. The molecule has 0 spiro atoms. The van der Waals surface area contributed by atoms with Gasteiger partial charge in [-0.3, -0.25) is 9.59 Å². The first-order chi connectivity index (χ1) is 6.08. The molecule has 1 aliphatic rings. The van der Waals surface area contributed by atoms with Crippen LogP contribution < -0.4 is 11.1 Å². The summed E-state index contributed by atoms with van der Waals surface area (Å²) in [4.78, 5) is 21.6. The second-order valence-corrected chi connectivity index (χ2v) is 3.37. The third-order valence-electron chi connectivity index (χ3n) is 1.80. The van der Waals surface area contributed by atoms with E-state index in [0.717, 1.165) is 0 Å². The van der Waals surface area contributed by atoms with E-state index < -0.39 is 11.4 Å². The maximum atomic E-state index is 11.0. The van der Waals surface area contributed by atoms with Crippen LogP contribution in [-0.4, -0.2) is 36.4 Å². The Labute approximate surface area is 80.6 Å². The fourth-order valence-corrected chi connectivity index (χ4v) is 1.30. The zero-order valence-corrected chi connectivity index (χ0v) is 7.76. The highest BCUT2D eigenvalue weighted by Gasteiger charge is 2.41. The van der Waals surface area contributed by atoms with Crippen LogP contribution in [0, 0.1) is 0 Å². The topological polar surface area (TPSA) is 81.4 Å². The SMILES string of the molecule is NC(=O)CC1(NC(=O)CCl)COC1. The summed E-state index contributed by atoms with van der Waals surface area (Å²) in [5, 5.41) is 2.61. The number of hydrogen-bond acceptors (Lipinski definition) is 3. The summed E-state index contributed by atoms with van der Waals surface area (Å²) >= 11 is 5.31. The molecule has 1 aliphatic heterocycles. The van der Waals surface area contributed by atoms with Gasteiger partial charge in [-0.25, -0.2) is 0 Å². The molecule has 3 N–H and O–H groups in total. The monoisotopic (exact) mass is 206 g/mol. The van der Waals surface area contributed by atoms with Gasteiger partial charge in [-0.15, -0.1) is 11.6 Å². The van der Waals surface area contributed by atoms with E-state index in [1.165, 1.54) is 0 Å². The van der Waals surface area contributed by atoms with Crippen LogP contribution in [0.1, 0.15) is 6.42 Å². The molecule has 1 heterocycles. The van der Waals surface area contributed by atoms with Crippen LogP contribution in [0.5, 0.6) is 0 Å². The number of alkyl halides is 1. The van der Waals surface area contributed by atoms with Crippen LogP contribution in [0.3, 0.4) is 0 Å². The number of carbonyl (C=O) groups is 2. The van der Waals surface area contributed by atoms with E-state index in [0.29, 0.717) is 13.2 Å². The Balaban J connectivity index is 2.49. The Bertz CT molecular complexity index is 228. The van der Waals surface area contributed by atoms with Crippen molar-refractivity contribution in [3.05, 3.63) is 0 Å². The fraction of sp³-hybridized carbons (Fsp3) is 0.714. The molecule has 74 valence electrons. The average molecular weight is 207 g/mol. The standard InChI is InChI=1S/C7H11ClN2O3/c8-2-6(12)10-7(1-5(9)11)3-13-4-7/h1-4H2,(H2,9,11)(H,10,12). The number of hydrogen-bond donors (Lipinski definition) is 2. The average Bonchev–Trinajstić information content (AvgIpc) is 1.99. The van der Waals surface area contributed by atoms with E-state index in [2.05, 4.69) is 5.32 Å². The zero-order valence-electron chi connectivity index (χ0n) is 7.01. The molecule has 13 heavy (non-hydrogen) atoms. The molecule has 0 aliphatic carbocycles. The van der Waals surface area contributed by atoms with Gasteiger partial charge in [0.15, 0.2) is 0 Å². The van der Waals surface area contributed by atoms with E-state index in [-0.39, 0.29) is 18.2 Å². The zero-order chi connectivity index (χ0) is 9.90. The lowest BCUT2D eigenvalue weighted by molar-refractivity contribution is -0.136. The van der Waals surface area contributed by atoms with Crippen molar-refractivity contribution in [3.63, 3.8) is 0 Å². The largest absolute Gasteiger partial charge is 0.376 e. The Kier molecular flexibility index (Phi) is 3.11. The molecule has 0 bridgehead atoms. The van der Waals surface area contributed by atoms with Crippen LogP contribution in [0.4, 0.5) is 0 Å². The Hall–Kier alpha value is -0.810. The van der Waals surface area contributed by atoms with Crippen molar-refractivity contribution in [2.45, 2.75) is 12.0 Å². The molecule has 5 nitrogen and oxygen atoms in total. The van der Waals surface area contributed by atoms with Crippen molar-refractivity contribution in [1.29, 1.82) is 0 Å². The lowest BCUT2D eigenvalue weighted by atomic mass is 9.92. The minimum absolute atomic E-state index is 0.0929. The fourth-order valence-electron chi connectivity index (χ4n) is 1.23. The first-order valence-electron chi connectivity index (χ1n) is 3.81. The summed E-state index contributed by atoms with van der Waals surface area (Å²) in [5.41, 5.74) is 4.41.